The molecule has 4 rings (SSSR count). The van der Waals surface area contributed by atoms with Crippen LogP contribution in [0.15, 0.2) is 54.6 Å². The van der Waals surface area contributed by atoms with Crippen LogP contribution in [0.4, 0.5) is 16.4 Å². The lowest BCUT2D eigenvalue weighted by molar-refractivity contribution is 0.102. The van der Waals surface area contributed by atoms with E-state index in [0.29, 0.717) is 21.8 Å². The SMILES string of the molecule is Cc1cc(NC(=O)c2ccccc2NC(=O)c2ccc(N3CCCN(C)CC3)cc2)sn1. The Bertz CT molecular complexity index is 1100. The molecule has 0 spiro atoms. The maximum atomic E-state index is 12.9. The standard InChI is InChI=1S/C24H27N5O2S/c1-17-16-22(32-27-17)26-24(31)20-6-3-4-7-21(20)25-23(30)18-8-10-19(11-9-18)29-13-5-12-28(2)14-15-29/h3-4,6-11,16H,5,12-15H2,1-2H3,(H,25,30)(H,26,31). The smallest absolute Gasteiger partial charge is 0.258 e. The van der Waals surface area contributed by atoms with Gasteiger partial charge < -0.3 is 20.4 Å². The highest BCUT2D eigenvalue weighted by Crippen LogP contribution is 2.22. The number of hydrogen-bond acceptors (Lipinski definition) is 6. The van der Waals surface area contributed by atoms with Crippen molar-refractivity contribution in [3.63, 3.8) is 0 Å². The highest BCUT2D eigenvalue weighted by molar-refractivity contribution is 7.10. The average Bonchev–Trinajstić information content (AvgIpc) is 3.07. The van der Waals surface area contributed by atoms with Crippen molar-refractivity contribution in [3.05, 3.63) is 71.4 Å². The van der Waals surface area contributed by atoms with E-state index >= 15 is 0 Å². The first-order valence-corrected chi connectivity index (χ1v) is 11.5. The molecule has 0 unspecified atom stereocenters. The fraction of sp³-hybridized carbons (Fsp3) is 0.292. The number of carbonyl (C=O) groups excluding carboxylic acids is 2. The predicted molar refractivity (Wildman–Crippen MR) is 130 cm³/mol. The number of carbonyl (C=O) groups is 2. The summed E-state index contributed by atoms with van der Waals surface area (Å²) < 4.78 is 4.17. The van der Waals surface area contributed by atoms with Crippen LogP contribution < -0.4 is 15.5 Å². The van der Waals surface area contributed by atoms with Crippen LogP contribution in [0, 0.1) is 6.92 Å². The Kier molecular flexibility index (Phi) is 6.82. The van der Waals surface area contributed by atoms with E-state index in [2.05, 4.69) is 31.9 Å². The summed E-state index contributed by atoms with van der Waals surface area (Å²) in [6.07, 6.45) is 1.12. The Morgan fingerprint density at radius 1 is 0.938 bits per heavy atom. The van der Waals surface area contributed by atoms with Crippen molar-refractivity contribution < 1.29 is 9.59 Å². The summed E-state index contributed by atoms with van der Waals surface area (Å²) in [7, 11) is 2.15. The normalized spacial score (nSPS) is 14.6. The fourth-order valence-corrected chi connectivity index (χ4v) is 4.37. The number of likely N-dealkylation sites (N-methyl/N-ethyl adjacent to an activating group) is 1. The minimum atomic E-state index is -0.286. The number of aromatic nitrogens is 1. The molecule has 0 aliphatic carbocycles. The van der Waals surface area contributed by atoms with Gasteiger partial charge in [0.15, 0.2) is 0 Å². The van der Waals surface area contributed by atoms with Crippen molar-refractivity contribution >= 4 is 39.7 Å². The lowest BCUT2D eigenvalue weighted by atomic mass is 10.1. The summed E-state index contributed by atoms with van der Waals surface area (Å²) >= 11 is 1.23. The van der Waals surface area contributed by atoms with Crippen molar-refractivity contribution in [1.29, 1.82) is 0 Å². The minimum Gasteiger partial charge on any atom is -0.370 e. The maximum absolute atomic E-state index is 12.9. The molecular formula is C24H27N5O2S. The first-order chi connectivity index (χ1) is 15.5. The van der Waals surface area contributed by atoms with E-state index in [4.69, 9.17) is 0 Å². The van der Waals surface area contributed by atoms with Crippen LogP contribution in [-0.2, 0) is 0 Å². The van der Waals surface area contributed by atoms with E-state index in [1.807, 2.05) is 37.3 Å². The van der Waals surface area contributed by atoms with Crippen LogP contribution in [-0.4, -0.2) is 54.3 Å². The topological polar surface area (TPSA) is 77.6 Å². The molecule has 1 saturated heterocycles. The zero-order valence-electron chi connectivity index (χ0n) is 18.3. The van der Waals surface area contributed by atoms with E-state index in [1.54, 1.807) is 24.3 Å². The van der Waals surface area contributed by atoms with Crippen LogP contribution in [0.3, 0.4) is 0 Å². The second-order valence-electron chi connectivity index (χ2n) is 7.98. The van der Waals surface area contributed by atoms with Crippen molar-refractivity contribution in [1.82, 2.24) is 9.27 Å². The zero-order valence-corrected chi connectivity index (χ0v) is 19.1. The summed E-state index contributed by atoms with van der Waals surface area (Å²) in [6.45, 7) is 5.99. The van der Waals surface area contributed by atoms with E-state index < -0.39 is 0 Å². The number of anilines is 3. The van der Waals surface area contributed by atoms with Gasteiger partial charge in [-0.25, -0.2) is 0 Å². The van der Waals surface area contributed by atoms with Gasteiger partial charge in [-0.15, -0.1) is 0 Å². The van der Waals surface area contributed by atoms with Crippen molar-refractivity contribution in [2.24, 2.45) is 0 Å². The Hall–Kier alpha value is -3.23. The lowest BCUT2D eigenvalue weighted by Crippen LogP contribution is -2.28. The number of hydrogen-bond donors (Lipinski definition) is 2. The number of para-hydroxylation sites is 1. The molecule has 2 heterocycles. The van der Waals surface area contributed by atoms with Gasteiger partial charge in [0.05, 0.1) is 16.9 Å². The molecule has 8 heteroatoms. The highest BCUT2D eigenvalue weighted by atomic mass is 32.1. The summed E-state index contributed by atoms with van der Waals surface area (Å²) in [5.41, 5.74) is 3.39. The minimum absolute atomic E-state index is 0.249. The molecule has 0 saturated carbocycles. The molecule has 2 N–H and O–H groups in total. The van der Waals surface area contributed by atoms with Crippen LogP contribution in [0.5, 0.6) is 0 Å². The quantitative estimate of drug-likeness (QED) is 0.613. The van der Waals surface area contributed by atoms with Crippen LogP contribution in [0.2, 0.25) is 0 Å². The van der Waals surface area contributed by atoms with E-state index in [9.17, 15) is 9.59 Å². The Balaban J connectivity index is 1.44. The fourth-order valence-electron chi connectivity index (χ4n) is 3.71. The summed E-state index contributed by atoms with van der Waals surface area (Å²) in [5.74, 6) is -0.535. The van der Waals surface area contributed by atoms with Gasteiger partial charge in [-0.05, 0) is 80.9 Å². The molecule has 1 fully saturated rings. The van der Waals surface area contributed by atoms with Gasteiger partial charge in [-0.3, -0.25) is 9.59 Å². The van der Waals surface area contributed by atoms with Gasteiger partial charge in [0.2, 0.25) is 0 Å². The van der Waals surface area contributed by atoms with E-state index in [-0.39, 0.29) is 11.8 Å². The number of benzene rings is 2. The largest absolute Gasteiger partial charge is 0.370 e. The number of amides is 2. The summed E-state index contributed by atoms with van der Waals surface area (Å²) in [4.78, 5) is 30.3. The molecule has 1 aromatic heterocycles. The molecule has 1 aliphatic rings. The number of nitrogens with zero attached hydrogens (tertiary/aromatic N) is 3. The highest BCUT2D eigenvalue weighted by Gasteiger charge is 2.16. The first kappa shape index (κ1) is 22.0. The molecular weight excluding hydrogens is 422 g/mol. The molecule has 0 radical (unpaired) electrons. The van der Waals surface area contributed by atoms with Crippen LogP contribution in [0.25, 0.3) is 0 Å². The molecule has 7 nitrogen and oxygen atoms in total. The van der Waals surface area contributed by atoms with Gasteiger partial charge in [0.25, 0.3) is 11.8 Å². The molecule has 0 atom stereocenters. The molecule has 32 heavy (non-hydrogen) atoms. The van der Waals surface area contributed by atoms with Gasteiger partial charge in [0, 0.05) is 30.9 Å². The summed E-state index contributed by atoms with van der Waals surface area (Å²) in [5, 5.41) is 6.39. The molecule has 0 bridgehead atoms. The van der Waals surface area contributed by atoms with Crippen LogP contribution in [0.1, 0.15) is 32.8 Å². The van der Waals surface area contributed by atoms with Crippen molar-refractivity contribution in [2.45, 2.75) is 13.3 Å². The number of aryl methyl sites for hydroxylation is 1. The second-order valence-corrected chi connectivity index (χ2v) is 8.78. The second kappa shape index (κ2) is 9.93. The summed E-state index contributed by atoms with van der Waals surface area (Å²) in [6, 6.07) is 16.5. The third-order valence-corrected chi connectivity index (χ3v) is 6.29. The van der Waals surface area contributed by atoms with E-state index in [1.165, 1.54) is 11.5 Å². The third kappa shape index (κ3) is 5.33. The molecule has 3 aromatic rings. The Morgan fingerprint density at radius 2 is 1.72 bits per heavy atom. The molecule has 1 aliphatic heterocycles. The molecule has 166 valence electrons. The van der Waals surface area contributed by atoms with Gasteiger partial charge >= 0.3 is 0 Å². The monoisotopic (exact) mass is 449 g/mol. The van der Waals surface area contributed by atoms with Gasteiger partial charge in [0.1, 0.15) is 5.00 Å². The zero-order chi connectivity index (χ0) is 22.5. The van der Waals surface area contributed by atoms with E-state index in [0.717, 1.165) is 44.0 Å². The molecule has 2 amide bonds. The maximum Gasteiger partial charge on any atom is 0.258 e. The number of nitrogens with one attached hydrogen (secondary N) is 2. The molecule has 2 aromatic carbocycles. The Morgan fingerprint density at radius 3 is 2.47 bits per heavy atom. The Labute approximate surface area is 192 Å². The van der Waals surface area contributed by atoms with Crippen LogP contribution >= 0.6 is 11.5 Å². The average molecular weight is 450 g/mol. The third-order valence-electron chi connectivity index (χ3n) is 5.50. The number of rotatable bonds is 5. The van der Waals surface area contributed by atoms with Crippen molar-refractivity contribution in [2.75, 3.05) is 48.8 Å². The van der Waals surface area contributed by atoms with Gasteiger partial charge in [-0.1, -0.05) is 12.1 Å². The lowest BCUT2D eigenvalue weighted by Gasteiger charge is -2.23. The predicted octanol–water partition coefficient (Wildman–Crippen LogP) is 4.10. The van der Waals surface area contributed by atoms with Crippen molar-refractivity contribution in [3.8, 4) is 0 Å². The first-order valence-electron chi connectivity index (χ1n) is 10.7. The van der Waals surface area contributed by atoms with Gasteiger partial charge in [-0.2, -0.15) is 4.37 Å².